The molecule has 0 saturated heterocycles. The molecule has 2 N–H and O–H groups in total. The molecule has 102 valence electrons. The lowest BCUT2D eigenvalue weighted by Gasteiger charge is -2.10. The second-order valence-electron chi connectivity index (χ2n) is 4.64. The van der Waals surface area contributed by atoms with E-state index in [1.165, 1.54) is 0 Å². The van der Waals surface area contributed by atoms with Crippen LogP contribution >= 0.6 is 0 Å². The highest BCUT2D eigenvalue weighted by molar-refractivity contribution is 5.92. The molecule has 0 aliphatic heterocycles. The Morgan fingerprint density at radius 2 is 2.05 bits per heavy atom. The third-order valence-corrected chi connectivity index (χ3v) is 3.24. The average Bonchev–Trinajstić information content (AvgIpc) is 2.55. The zero-order valence-corrected chi connectivity index (χ0v) is 11.3. The molecule has 4 heteroatoms. The number of fused-ring (bicyclic) bond motifs is 1. The minimum Gasteiger partial charge on any atom is -0.489 e. The Bertz CT molecular complexity index is 837. The van der Waals surface area contributed by atoms with Gasteiger partial charge in [-0.2, -0.15) is 5.26 Å². The average molecular weight is 275 g/mol. The first-order valence-electron chi connectivity index (χ1n) is 6.53. The van der Waals surface area contributed by atoms with Crippen LogP contribution < -0.4 is 10.5 Å². The van der Waals surface area contributed by atoms with E-state index < -0.39 is 0 Å². The van der Waals surface area contributed by atoms with E-state index in [0.29, 0.717) is 23.6 Å². The summed E-state index contributed by atoms with van der Waals surface area (Å²) in [6.07, 6.45) is 1.74. The normalized spacial score (nSPS) is 10.2. The maximum absolute atomic E-state index is 8.89. The van der Waals surface area contributed by atoms with Gasteiger partial charge in [0, 0.05) is 22.8 Å². The van der Waals surface area contributed by atoms with Crippen LogP contribution in [-0.2, 0) is 6.61 Å². The van der Waals surface area contributed by atoms with Crippen molar-refractivity contribution in [3.63, 3.8) is 0 Å². The van der Waals surface area contributed by atoms with Crippen molar-refractivity contribution in [3.05, 3.63) is 65.9 Å². The number of ether oxygens (including phenoxy) is 1. The molecule has 1 aromatic heterocycles. The largest absolute Gasteiger partial charge is 0.489 e. The first-order chi connectivity index (χ1) is 10.3. The molecule has 0 bridgehead atoms. The van der Waals surface area contributed by atoms with E-state index in [1.807, 2.05) is 30.3 Å². The molecule has 3 aromatic rings. The van der Waals surface area contributed by atoms with Gasteiger partial charge in [-0.05, 0) is 36.4 Å². The third-order valence-electron chi connectivity index (χ3n) is 3.24. The van der Waals surface area contributed by atoms with Crippen LogP contribution in [0.3, 0.4) is 0 Å². The van der Waals surface area contributed by atoms with E-state index >= 15 is 0 Å². The van der Waals surface area contributed by atoms with Crippen molar-refractivity contribution < 1.29 is 4.74 Å². The summed E-state index contributed by atoms with van der Waals surface area (Å²) in [7, 11) is 0. The van der Waals surface area contributed by atoms with Crippen molar-refractivity contribution in [2.45, 2.75) is 6.61 Å². The van der Waals surface area contributed by atoms with Crippen molar-refractivity contribution in [2.24, 2.45) is 0 Å². The zero-order valence-electron chi connectivity index (χ0n) is 11.3. The minimum absolute atomic E-state index is 0.378. The molecule has 0 aliphatic carbocycles. The molecular weight excluding hydrogens is 262 g/mol. The van der Waals surface area contributed by atoms with Crippen molar-refractivity contribution >= 4 is 16.6 Å². The Labute approximate surface area is 122 Å². The van der Waals surface area contributed by atoms with Crippen LogP contribution in [0.25, 0.3) is 10.9 Å². The minimum atomic E-state index is 0.378. The van der Waals surface area contributed by atoms with E-state index in [-0.39, 0.29) is 0 Å². The fourth-order valence-electron chi connectivity index (χ4n) is 2.19. The Morgan fingerprint density at radius 3 is 2.90 bits per heavy atom. The lowest BCUT2D eigenvalue weighted by atomic mass is 10.1. The summed E-state index contributed by atoms with van der Waals surface area (Å²) in [4.78, 5) is 4.38. The van der Waals surface area contributed by atoms with Gasteiger partial charge in [0.15, 0.2) is 0 Å². The first-order valence-corrected chi connectivity index (χ1v) is 6.53. The summed E-state index contributed by atoms with van der Waals surface area (Å²) in [5.41, 5.74) is 9.03. The number of pyridine rings is 1. The van der Waals surface area contributed by atoms with Gasteiger partial charge in [-0.15, -0.1) is 0 Å². The van der Waals surface area contributed by atoms with Gasteiger partial charge in [-0.3, -0.25) is 4.98 Å². The molecule has 2 aromatic carbocycles. The maximum atomic E-state index is 8.89. The zero-order chi connectivity index (χ0) is 14.7. The number of rotatable bonds is 3. The quantitative estimate of drug-likeness (QED) is 0.745. The van der Waals surface area contributed by atoms with Gasteiger partial charge in [-0.1, -0.05) is 12.1 Å². The number of benzene rings is 2. The third kappa shape index (κ3) is 2.63. The topological polar surface area (TPSA) is 71.9 Å². The number of nitrogen functional groups attached to an aromatic ring is 1. The SMILES string of the molecule is N#Cc1cccc(OCc2ccc(N)c3cccnc23)c1. The molecule has 21 heavy (non-hydrogen) atoms. The van der Waals surface area contributed by atoms with Crippen LogP contribution in [0.2, 0.25) is 0 Å². The Balaban J connectivity index is 1.89. The van der Waals surface area contributed by atoms with Crippen molar-refractivity contribution in [1.82, 2.24) is 4.98 Å². The van der Waals surface area contributed by atoms with Crippen molar-refractivity contribution in [3.8, 4) is 11.8 Å². The van der Waals surface area contributed by atoms with E-state index in [1.54, 1.807) is 24.4 Å². The van der Waals surface area contributed by atoms with Gasteiger partial charge in [0.05, 0.1) is 17.1 Å². The maximum Gasteiger partial charge on any atom is 0.121 e. The van der Waals surface area contributed by atoms with E-state index in [0.717, 1.165) is 16.5 Å². The Morgan fingerprint density at radius 1 is 1.14 bits per heavy atom. The van der Waals surface area contributed by atoms with Gasteiger partial charge >= 0.3 is 0 Å². The molecule has 0 saturated carbocycles. The number of aromatic nitrogens is 1. The van der Waals surface area contributed by atoms with Gasteiger partial charge in [0.1, 0.15) is 12.4 Å². The highest BCUT2D eigenvalue weighted by Crippen LogP contribution is 2.24. The number of nitriles is 1. The number of nitrogens with zero attached hydrogens (tertiary/aromatic N) is 2. The van der Waals surface area contributed by atoms with E-state index in [4.69, 9.17) is 15.7 Å². The van der Waals surface area contributed by atoms with Crippen molar-refractivity contribution in [2.75, 3.05) is 5.73 Å². The summed E-state index contributed by atoms with van der Waals surface area (Å²) in [6.45, 7) is 0.378. The summed E-state index contributed by atoms with van der Waals surface area (Å²) in [5.74, 6) is 0.662. The van der Waals surface area contributed by atoms with Gasteiger partial charge < -0.3 is 10.5 Å². The summed E-state index contributed by atoms with van der Waals surface area (Å²) >= 11 is 0. The molecule has 0 radical (unpaired) electrons. The lowest BCUT2D eigenvalue weighted by molar-refractivity contribution is 0.307. The smallest absolute Gasteiger partial charge is 0.121 e. The fraction of sp³-hybridized carbons (Fsp3) is 0.0588. The predicted octanol–water partition coefficient (Wildman–Crippen LogP) is 3.27. The van der Waals surface area contributed by atoms with Crippen LogP contribution in [0.1, 0.15) is 11.1 Å². The number of hydrogen-bond donors (Lipinski definition) is 1. The molecule has 0 amide bonds. The predicted molar refractivity (Wildman–Crippen MR) is 81.6 cm³/mol. The highest BCUT2D eigenvalue weighted by atomic mass is 16.5. The molecule has 0 unspecified atom stereocenters. The van der Waals surface area contributed by atoms with Crippen LogP contribution in [-0.4, -0.2) is 4.98 Å². The second-order valence-corrected chi connectivity index (χ2v) is 4.64. The van der Waals surface area contributed by atoms with Crippen LogP contribution in [0.15, 0.2) is 54.7 Å². The highest BCUT2D eigenvalue weighted by Gasteiger charge is 2.06. The second kappa shape index (κ2) is 5.51. The van der Waals surface area contributed by atoms with Gasteiger partial charge in [-0.25, -0.2) is 0 Å². The molecule has 3 rings (SSSR count). The lowest BCUT2D eigenvalue weighted by Crippen LogP contribution is -1.99. The first kappa shape index (κ1) is 12.9. The molecule has 0 atom stereocenters. The molecular formula is C17H13N3O. The number of anilines is 1. The monoisotopic (exact) mass is 275 g/mol. The number of nitrogens with two attached hydrogens (primary N) is 1. The van der Waals surface area contributed by atoms with Crippen LogP contribution in [0.5, 0.6) is 5.75 Å². The Kier molecular flexibility index (Phi) is 3.40. The standard InChI is InChI=1S/C17H13N3O/c18-10-12-3-1-4-14(9-12)21-11-13-6-7-16(19)15-5-2-8-20-17(13)15/h1-9H,11,19H2. The Hall–Kier alpha value is -3.06. The molecule has 1 heterocycles. The summed E-state index contributed by atoms with van der Waals surface area (Å²) in [5, 5.41) is 9.81. The van der Waals surface area contributed by atoms with Crippen LogP contribution in [0, 0.1) is 11.3 Å². The van der Waals surface area contributed by atoms with E-state index in [9.17, 15) is 0 Å². The fourth-order valence-corrected chi connectivity index (χ4v) is 2.19. The van der Waals surface area contributed by atoms with Gasteiger partial charge in [0.25, 0.3) is 0 Å². The van der Waals surface area contributed by atoms with Crippen LogP contribution in [0.4, 0.5) is 5.69 Å². The summed E-state index contributed by atoms with van der Waals surface area (Å²) in [6, 6.07) is 16.8. The molecule has 4 nitrogen and oxygen atoms in total. The van der Waals surface area contributed by atoms with Gasteiger partial charge in [0.2, 0.25) is 0 Å². The molecule has 0 fully saturated rings. The molecule has 0 spiro atoms. The summed E-state index contributed by atoms with van der Waals surface area (Å²) < 4.78 is 5.75. The van der Waals surface area contributed by atoms with E-state index in [2.05, 4.69) is 11.1 Å². The van der Waals surface area contributed by atoms with Crippen molar-refractivity contribution in [1.29, 1.82) is 5.26 Å². The molecule has 0 aliphatic rings. The number of hydrogen-bond acceptors (Lipinski definition) is 4.